The summed E-state index contributed by atoms with van der Waals surface area (Å²) in [4.78, 5) is 0. The summed E-state index contributed by atoms with van der Waals surface area (Å²) in [6, 6.07) is 15.7. The van der Waals surface area contributed by atoms with Crippen LogP contribution in [0.15, 0.2) is 60.7 Å². The molecule has 0 saturated carbocycles. The number of allylic oxidation sites excluding steroid dienone is 4. The Balaban J connectivity index is 2.08. The smallest absolute Gasteiger partial charge is 0.0541 e. The fraction of sp³-hybridized carbons (Fsp3) is 0.273. The van der Waals surface area contributed by atoms with Gasteiger partial charge in [0.05, 0.1) is 11.0 Å². The number of fused-ring (bicyclic) bond motifs is 3. The third-order valence-electron chi connectivity index (χ3n) is 4.77. The Morgan fingerprint density at radius 3 is 2.39 bits per heavy atom. The Bertz CT molecular complexity index is 945. The van der Waals surface area contributed by atoms with Gasteiger partial charge in [-0.25, -0.2) is 0 Å². The van der Waals surface area contributed by atoms with Crippen LogP contribution in [-0.2, 0) is 5.41 Å². The van der Waals surface area contributed by atoms with E-state index >= 15 is 0 Å². The third-order valence-corrected chi connectivity index (χ3v) is 4.77. The van der Waals surface area contributed by atoms with Crippen LogP contribution in [0.4, 0.5) is 0 Å². The van der Waals surface area contributed by atoms with Crippen molar-refractivity contribution in [2.75, 3.05) is 0 Å². The normalized spacial score (nSPS) is 15.3. The van der Waals surface area contributed by atoms with E-state index in [9.17, 15) is 0 Å². The Hall–Kier alpha value is -2.28. The van der Waals surface area contributed by atoms with Gasteiger partial charge in [0.2, 0.25) is 0 Å². The fourth-order valence-corrected chi connectivity index (χ4v) is 3.48. The van der Waals surface area contributed by atoms with Crippen LogP contribution in [0.1, 0.15) is 39.2 Å². The molecule has 0 saturated heterocycles. The van der Waals surface area contributed by atoms with Crippen molar-refractivity contribution in [3.8, 4) is 0 Å². The van der Waals surface area contributed by atoms with Crippen LogP contribution in [0, 0.1) is 0 Å². The summed E-state index contributed by atoms with van der Waals surface area (Å²) in [5, 5.41) is 2.70. The first-order valence-electron chi connectivity index (χ1n) is 8.46. The minimum Gasteiger partial charge on any atom is -0.310 e. The fourth-order valence-electron chi connectivity index (χ4n) is 3.48. The molecule has 0 aliphatic heterocycles. The lowest BCUT2D eigenvalue weighted by Gasteiger charge is -2.19. The molecular formula is C22H23N. The van der Waals surface area contributed by atoms with Crippen molar-refractivity contribution in [2.24, 2.45) is 0 Å². The monoisotopic (exact) mass is 301 g/mol. The summed E-state index contributed by atoms with van der Waals surface area (Å²) in [6.07, 6.45) is 9.16. The predicted molar refractivity (Wildman–Crippen MR) is 101 cm³/mol. The summed E-state index contributed by atoms with van der Waals surface area (Å²) >= 11 is 0. The van der Waals surface area contributed by atoms with E-state index in [0.29, 0.717) is 0 Å². The summed E-state index contributed by atoms with van der Waals surface area (Å²) < 4.78 is 2.41. The highest BCUT2D eigenvalue weighted by Gasteiger charge is 2.18. The van der Waals surface area contributed by atoms with Gasteiger partial charge >= 0.3 is 0 Å². The van der Waals surface area contributed by atoms with E-state index in [2.05, 4.69) is 86.0 Å². The standard InChI is InChI=1S/C22H23N/c1-22(2,3)16-13-14-21-19(15-16)18-11-7-8-12-20(18)23(21)17-9-5-4-6-10-17/h5,7-15H,4,6H2,1-3H3. The Morgan fingerprint density at radius 1 is 0.870 bits per heavy atom. The van der Waals surface area contributed by atoms with Gasteiger partial charge in [-0.1, -0.05) is 57.2 Å². The SMILES string of the molecule is CC(C)(C)c1ccc2c(c1)c1ccccc1n2C1=CCCC=C1. The summed E-state index contributed by atoms with van der Waals surface area (Å²) in [5.41, 5.74) is 5.46. The van der Waals surface area contributed by atoms with Gasteiger partial charge in [-0.15, -0.1) is 0 Å². The van der Waals surface area contributed by atoms with Crippen molar-refractivity contribution in [2.45, 2.75) is 39.0 Å². The highest BCUT2D eigenvalue weighted by Crippen LogP contribution is 2.35. The molecular weight excluding hydrogens is 278 g/mol. The molecule has 0 spiro atoms. The molecule has 1 heterocycles. The zero-order valence-corrected chi connectivity index (χ0v) is 14.1. The van der Waals surface area contributed by atoms with Crippen LogP contribution < -0.4 is 0 Å². The van der Waals surface area contributed by atoms with Crippen molar-refractivity contribution in [1.82, 2.24) is 4.57 Å². The maximum atomic E-state index is 2.41. The van der Waals surface area contributed by atoms with Gasteiger partial charge in [0.15, 0.2) is 0 Å². The van der Waals surface area contributed by atoms with E-state index in [1.807, 2.05) is 0 Å². The van der Waals surface area contributed by atoms with Crippen LogP contribution in [0.2, 0.25) is 0 Å². The molecule has 1 heteroatoms. The zero-order valence-electron chi connectivity index (χ0n) is 14.1. The predicted octanol–water partition coefficient (Wildman–Crippen LogP) is 6.28. The number of rotatable bonds is 1. The van der Waals surface area contributed by atoms with Crippen LogP contribution in [0.5, 0.6) is 0 Å². The molecule has 1 aromatic heterocycles. The molecule has 116 valence electrons. The number of hydrogen-bond donors (Lipinski definition) is 0. The average molecular weight is 301 g/mol. The van der Waals surface area contributed by atoms with Crippen LogP contribution in [0.25, 0.3) is 27.5 Å². The van der Waals surface area contributed by atoms with Crippen LogP contribution in [-0.4, -0.2) is 4.57 Å². The topological polar surface area (TPSA) is 4.93 Å². The lowest BCUT2D eigenvalue weighted by atomic mass is 9.86. The number of nitrogens with zero attached hydrogens (tertiary/aromatic N) is 1. The van der Waals surface area contributed by atoms with Gasteiger partial charge in [-0.3, -0.25) is 0 Å². The van der Waals surface area contributed by atoms with Crippen molar-refractivity contribution in [3.05, 3.63) is 66.3 Å². The van der Waals surface area contributed by atoms with Crippen molar-refractivity contribution >= 4 is 27.5 Å². The summed E-state index contributed by atoms with van der Waals surface area (Å²) in [5.74, 6) is 0. The molecule has 23 heavy (non-hydrogen) atoms. The quantitative estimate of drug-likeness (QED) is 0.498. The molecule has 0 amide bonds. The molecule has 0 N–H and O–H groups in total. The van der Waals surface area contributed by atoms with Crippen molar-refractivity contribution < 1.29 is 0 Å². The van der Waals surface area contributed by atoms with E-state index in [1.54, 1.807) is 0 Å². The van der Waals surface area contributed by atoms with E-state index in [4.69, 9.17) is 0 Å². The second-order valence-corrected chi connectivity index (χ2v) is 7.44. The lowest BCUT2D eigenvalue weighted by Crippen LogP contribution is -2.10. The third kappa shape index (κ3) is 2.31. The first-order valence-corrected chi connectivity index (χ1v) is 8.46. The van der Waals surface area contributed by atoms with Crippen LogP contribution in [0.3, 0.4) is 0 Å². The highest BCUT2D eigenvalue weighted by atomic mass is 15.0. The van der Waals surface area contributed by atoms with E-state index in [1.165, 1.54) is 33.1 Å². The molecule has 0 radical (unpaired) electrons. The first-order chi connectivity index (χ1) is 11.1. The molecule has 2 aromatic carbocycles. The van der Waals surface area contributed by atoms with Gasteiger partial charge in [-0.05, 0) is 48.1 Å². The molecule has 3 aromatic rings. The van der Waals surface area contributed by atoms with E-state index in [-0.39, 0.29) is 5.41 Å². The lowest BCUT2D eigenvalue weighted by molar-refractivity contribution is 0.591. The molecule has 0 fully saturated rings. The molecule has 4 rings (SSSR count). The minimum absolute atomic E-state index is 0.168. The zero-order chi connectivity index (χ0) is 16.0. The Kier molecular flexibility index (Phi) is 3.19. The Morgan fingerprint density at radius 2 is 1.65 bits per heavy atom. The second-order valence-electron chi connectivity index (χ2n) is 7.44. The van der Waals surface area contributed by atoms with Crippen molar-refractivity contribution in [1.29, 1.82) is 0 Å². The molecule has 0 unspecified atom stereocenters. The van der Waals surface area contributed by atoms with Gasteiger partial charge in [0.1, 0.15) is 0 Å². The molecule has 1 aliphatic rings. The number of para-hydroxylation sites is 1. The molecule has 0 bridgehead atoms. The minimum atomic E-state index is 0.168. The summed E-state index contributed by atoms with van der Waals surface area (Å²) in [6.45, 7) is 6.83. The largest absolute Gasteiger partial charge is 0.310 e. The molecule has 1 nitrogen and oxygen atoms in total. The average Bonchev–Trinajstić information content (AvgIpc) is 2.88. The maximum absolute atomic E-state index is 2.41. The number of aromatic nitrogens is 1. The van der Waals surface area contributed by atoms with Crippen LogP contribution >= 0.6 is 0 Å². The first kappa shape index (κ1) is 14.3. The second kappa shape index (κ2) is 5.13. The molecule has 0 atom stereocenters. The van der Waals surface area contributed by atoms with Gasteiger partial charge in [-0.2, -0.15) is 0 Å². The van der Waals surface area contributed by atoms with E-state index < -0.39 is 0 Å². The van der Waals surface area contributed by atoms with E-state index in [0.717, 1.165) is 12.8 Å². The number of hydrogen-bond acceptors (Lipinski definition) is 0. The highest BCUT2D eigenvalue weighted by molar-refractivity contribution is 6.10. The Labute approximate surface area is 137 Å². The van der Waals surface area contributed by atoms with Gasteiger partial charge in [0.25, 0.3) is 0 Å². The molecule has 1 aliphatic carbocycles. The van der Waals surface area contributed by atoms with Gasteiger partial charge < -0.3 is 4.57 Å². The van der Waals surface area contributed by atoms with Crippen molar-refractivity contribution in [3.63, 3.8) is 0 Å². The van der Waals surface area contributed by atoms with Gasteiger partial charge in [0, 0.05) is 16.5 Å². The maximum Gasteiger partial charge on any atom is 0.0541 e. The number of benzene rings is 2. The summed E-state index contributed by atoms with van der Waals surface area (Å²) in [7, 11) is 0.